The van der Waals surface area contributed by atoms with Gasteiger partial charge in [-0.2, -0.15) is 0 Å². The Hall–Kier alpha value is -1.82. The molecule has 2 fully saturated rings. The third-order valence-electron chi connectivity index (χ3n) is 5.04. The minimum atomic E-state index is -3.86. The molecule has 2 aliphatic rings. The number of alkyl halides is 1. The van der Waals surface area contributed by atoms with Crippen LogP contribution < -0.4 is 10.8 Å². The average Bonchev–Trinajstić information content (AvgIpc) is 3.21. The van der Waals surface area contributed by atoms with Gasteiger partial charge in [0, 0.05) is 0 Å². The number of carbonyl (C=O) groups excluding carboxylic acids is 1. The summed E-state index contributed by atoms with van der Waals surface area (Å²) in [4.78, 5) is 23.3. The van der Waals surface area contributed by atoms with Gasteiger partial charge in [0.05, 0.1) is 19.0 Å². The number of carbonyl (C=O) groups is 1. The highest BCUT2D eigenvalue weighted by Crippen LogP contribution is 2.57. The second-order valence-corrected chi connectivity index (χ2v) is 10.5. The number of rotatable bonds is 5. The number of nitrogen functional groups attached to an aromatic ring is 1. The molecule has 0 aliphatic carbocycles. The van der Waals surface area contributed by atoms with Crippen LogP contribution in [-0.2, 0) is 27.9 Å². The van der Waals surface area contributed by atoms with Gasteiger partial charge in [0.15, 0.2) is 17.7 Å². The van der Waals surface area contributed by atoms with Gasteiger partial charge >= 0.3 is 13.7 Å². The van der Waals surface area contributed by atoms with Crippen molar-refractivity contribution >= 4 is 42.3 Å². The summed E-state index contributed by atoms with van der Waals surface area (Å²) in [6, 6.07) is -0.915. The fourth-order valence-corrected chi connectivity index (χ4v) is 5.77. The molecule has 3 N–H and O–H groups in total. The number of fused-ring (bicyclic) bond motifs is 2. The molecule has 4 rings (SSSR count). The van der Waals surface area contributed by atoms with Gasteiger partial charge in [-0.1, -0.05) is 0 Å². The van der Waals surface area contributed by atoms with E-state index in [2.05, 4.69) is 20.0 Å². The number of hydrogen-bond acceptors (Lipinski definition) is 10. The van der Waals surface area contributed by atoms with Gasteiger partial charge in [-0.3, -0.25) is 18.4 Å². The first-order valence-electron chi connectivity index (χ1n) is 9.70. The fraction of sp³-hybridized carbons (Fsp3) is 0.647. The molecule has 14 heteroatoms. The van der Waals surface area contributed by atoms with Crippen LogP contribution in [0, 0.1) is 0 Å². The first-order chi connectivity index (χ1) is 14.5. The van der Waals surface area contributed by atoms with Crippen molar-refractivity contribution in [2.45, 2.75) is 63.2 Å². The van der Waals surface area contributed by atoms with E-state index in [0.717, 1.165) is 0 Å². The highest BCUT2D eigenvalue weighted by molar-refractivity contribution is 7.51. The van der Waals surface area contributed by atoms with E-state index < -0.39 is 43.1 Å². The van der Waals surface area contributed by atoms with Crippen LogP contribution in [0.25, 0.3) is 11.2 Å². The third-order valence-corrected chi connectivity index (χ3v) is 7.14. The quantitative estimate of drug-likeness (QED) is 0.370. The lowest BCUT2D eigenvalue weighted by Gasteiger charge is -2.36. The number of ether oxygens (including phenoxy) is 2. The minimum absolute atomic E-state index is 0.0521. The number of nitrogens with two attached hydrogens (primary N) is 1. The lowest BCUT2D eigenvalue weighted by atomic mass is 10.0. The third kappa shape index (κ3) is 4.04. The molecule has 0 radical (unpaired) electrons. The molecule has 2 saturated heterocycles. The zero-order chi connectivity index (χ0) is 22.6. The smallest absolute Gasteiger partial charge is 0.406 e. The van der Waals surface area contributed by atoms with E-state index in [1.807, 2.05) is 0 Å². The molecule has 170 valence electrons. The predicted molar refractivity (Wildman–Crippen MR) is 110 cm³/mol. The molecule has 0 saturated carbocycles. The Balaban J connectivity index is 1.55. The van der Waals surface area contributed by atoms with E-state index in [4.69, 9.17) is 35.9 Å². The van der Waals surface area contributed by atoms with Crippen molar-refractivity contribution in [1.29, 1.82) is 0 Å². The summed E-state index contributed by atoms with van der Waals surface area (Å²) in [5.74, 6) is -0.345. The lowest BCUT2D eigenvalue weighted by Crippen LogP contribution is -2.47. The number of hydrogen-bond donors (Lipinski definition) is 2. The van der Waals surface area contributed by atoms with Crippen molar-refractivity contribution in [3.8, 4) is 0 Å². The minimum Gasteiger partial charge on any atom is -0.462 e. The molecule has 4 heterocycles. The van der Waals surface area contributed by atoms with Crippen LogP contribution in [0.5, 0.6) is 0 Å². The molecule has 0 spiro atoms. The van der Waals surface area contributed by atoms with Gasteiger partial charge in [-0.05, 0) is 27.7 Å². The first-order valence-corrected chi connectivity index (χ1v) is 11.6. The maximum atomic E-state index is 13.2. The Bertz CT molecular complexity index is 1050. The number of halogens is 1. The number of anilines is 1. The number of aromatic nitrogens is 4. The molecule has 0 unspecified atom stereocenters. The molecule has 2 aliphatic heterocycles. The predicted octanol–water partition coefficient (Wildman–Crippen LogP) is 1.76. The molecule has 12 nitrogen and oxygen atoms in total. The van der Waals surface area contributed by atoms with E-state index in [1.54, 1.807) is 25.3 Å². The van der Waals surface area contributed by atoms with Crippen molar-refractivity contribution in [1.82, 2.24) is 24.6 Å². The second-order valence-electron chi connectivity index (χ2n) is 7.92. The Morgan fingerprint density at radius 2 is 2.16 bits per heavy atom. The summed E-state index contributed by atoms with van der Waals surface area (Å²) in [5, 5.41) is 2.60. The van der Waals surface area contributed by atoms with E-state index >= 15 is 0 Å². The fourth-order valence-electron chi connectivity index (χ4n) is 3.59. The van der Waals surface area contributed by atoms with Crippen LogP contribution >= 0.6 is 19.3 Å². The van der Waals surface area contributed by atoms with Gasteiger partial charge in [-0.25, -0.2) is 24.6 Å². The zero-order valence-corrected chi connectivity index (χ0v) is 19.0. The Labute approximate surface area is 183 Å². The van der Waals surface area contributed by atoms with Crippen molar-refractivity contribution in [2.24, 2.45) is 0 Å². The molecule has 0 bridgehead atoms. The average molecular weight is 475 g/mol. The van der Waals surface area contributed by atoms with Crippen LogP contribution in [0.15, 0.2) is 12.7 Å². The van der Waals surface area contributed by atoms with Crippen LogP contribution in [0.3, 0.4) is 0 Å². The highest BCUT2D eigenvalue weighted by Gasteiger charge is 2.60. The summed E-state index contributed by atoms with van der Waals surface area (Å²) in [5.41, 5.74) is 6.71. The van der Waals surface area contributed by atoms with Crippen molar-refractivity contribution < 1.29 is 27.9 Å². The maximum Gasteiger partial charge on any atom is 0.406 e. The normalized spacial score (nSPS) is 34.1. The summed E-state index contributed by atoms with van der Waals surface area (Å²) in [6.07, 6.45) is 0.331. The topological polar surface area (TPSA) is 153 Å². The second kappa shape index (κ2) is 7.95. The van der Waals surface area contributed by atoms with E-state index in [9.17, 15) is 9.36 Å². The van der Waals surface area contributed by atoms with Crippen LogP contribution in [-0.4, -0.2) is 61.3 Å². The standard InChI is InChI=1S/C17H24ClN6O6P/c1-8(2)28-15(25)9(3)23-31(26)27-5-10-12(30-31)17(4,18)16(29-10)24-7-22-11-13(19)20-6-21-14(11)24/h6-10,12,16H,5H2,1-4H3,(H,23,26)(H2,19,20,21)/t9-,10+,12+,16+,17+,31+/m0/s1. The molecule has 6 atom stereocenters. The molecule has 0 amide bonds. The van der Waals surface area contributed by atoms with Gasteiger partial charge < -0.3 is 15.2 Å². The largest absolute Gasteiger partial charge is 0.462 e. The van der Waals surface area contributed by atoms with Crippen molar-refractivity contribution in [3.63, 3.8) is 0 Å². The Morgan fingerprint density at radius 1 is 1.42 bits per heavy atom. The van der Waals surface area contributed by atoms with Crippen LogP contribution in [0.4, 0.5) is 5.82 Å². The molecule has 2 aromatic heterocycles. The van der Waals surface area contributed by atoms with Gasteiger partial charge in [-0.15, -0.1) is 11.6 Å². The summed E-state index contributed by atoms with van der Waals surface area (Å²) < 4.78 is 37.2. The summed E-state index contributed by atoms with van der Waals surface area (Å²) in [6.45, 7) is 6.60. The van der Waals surface area contributed by atoms with Crippen LogP contribution in [0.2, 0.25) is 0 Å². The Kier molecular flexibility index (Phi) is 5.74. The number of nitrogens with one attached hydrogen (secondary N) is 1. The van der Waals surface area contributed by atoms with Gasteiger partial charge in [0.1, 0.15) is 35.0 Å². The van der Waals surface area contributed by atoms with Crippen molar-refractivity contribution in [3.05, 3.63) is 12.7 Å². The monoisotopic (exact) mass is 474 g/mol. The number of imidazole rings is 1. The number of esters is 1. The van der Waals surface area contributed by atoms with E-state index in [1.165, 1.54) is 19.6 Å². The Morgan fingerprint density at radius 3 is 2.87 bits per heavy atom. The first kappa shape index (κ1) is 22.4. The lowest BCUT2D eigenvalue weighted by molar-refractivity contribution is -0.149. The van der Waals surface area contributed by atoms with Gasteiger partial charge in [0.2, 0.25) is 0 Å². The molecule has 0 aromatic carbocycles. The van der Waals surface area contributed by atoms with Gasteiger partial charge in [0.25, 0.3) is 0 Å². The van der Waals surface area contributed by atoms with Crippen LogP contribution in [0.1, 0.15) is 33.9 Å². The maximum absolute atomic E-state index is 13.2. The molecular formula is C17H24ClN6O6P. The summed E-state index contributed by atoms with van der Waals surface area (Å²) in [7, 11) is -3.86. The number of nitrogens with zero attached hydrogens (tertiary/aromatic N) is 4. The van der Waals surface area contributed by atoms with Crippen molar-refractivity contribution in [2.75, 3.05) is 12.3 Å². The molecular weight excluding hydrogens is 451 g/mol. The van der Waals surface area contributed by atoms with E-state index in [0.29, 0.717) is 11.2 Å². The highest BCUT2D eigenvalue weighted by atomic mass is 35.5. The summed E-state index contributed by atoms with van der Waals surface area (Å²) >= 11 is 6.86. The molecule has 2 aromatic rings. The zero-order valence-electron chi connectivity index (χ0n) is 17.4. The van der Waals surface area contributed by atoms with E-state index in [-0.39, 0.29) is 18.5 Å². The SMILES string of the molecule is CC(C)OC(=O)[C@H](C)N[P@@]1(=O)OC[C@H]2O[C@@H](n3cnc4c(N)ncnc43)[C@](C)(Cl)[C@@H]2O1. The molecule has 31 heavy (non-hydrogen) atoms.